The van der Waals surface area contributed by atoms with Gasteiger partial charge in [-0.05, 0) is 38.7 Å². The lowest BCUT2D eigenvalue weighted by atomic mass is 10.1. The van der Waals surface area contributed by atoms with Gasteiger partial charge in [-0.2, -0.15) is 5.10 Å². The molecule has 0 radical (unpaired) electrons. The quantitative estimate of drug-likeness (QED) is 0.860. The molecule has 0 bridgehead atoms. The van der Waals surface area contributed by atoms with Gasteiger partial charge < -0.3 is 4.90 Å². The van der Waals surface area contributed by atoms with Gasteiger partial charge in [-0.15, -0.1) is 0 Å². The number of aromatic amines is 1. The number of sulfonamides is 1. The summed E-state index contributed by atoms with van der Waals surface area (Å²) in [5.74, 6) is -0.199. The van der Waals surface area contributed by atoms with E-state index < -0.39 is 15.3 Å². The molecule has 8 heteroatoms. The normalized spacial score (nSPS) is 23.3. The fraction of sp³-hybridized carbons (Fsp3) is 0.733. The second-order valence-electron chi connectivity index (χ2n) is 6.60. The Balaban J connectivity index is 1.66. The number of carbonyl (C=O) groups excluding carboxylic acids is 1. The van der Waals surface area contributed by atoms with Crippen LogP contribution in [0.1, 0.15) is 54.7 Å². The zero-order chi connectivity index (χ0) is 16.4. The van der Waals surface area contributed by atoms with E-state index in [9.17, 15) is 13.2 Å². The monoisotopic (exact) mass is 340 g/mol. The highest BCUT2D eigenvalue weighted by atomic mass is 32.2. The maximum absolute atomic E-state index is 12.6. The maximum Gasteiger partial charge on any atom is 0.274 e. The van der Waals surface area contributed by atoms with Crippen molar-refractivity contribution in [3.63, 3.8) is 0 Å². The number of carbonyl (C=O) groups is 1. The summed E-state index contributed by atoms with van der Waals surface area (Å²) in [6, 6.07) is 1.76. The minimum absolute atomic E-state index is 0.0695. The van der Waals surface area contributed by atoms with E-state index in [1.54, 1.807) is 11.0 Å². The van der Waals surface area contributed by atoms with Gasteiger partial charge in [0.25, 0.3) is 5.91 Å². The Morgan fingerprint density at radius 3 is 2.70 bits per heavy atom. The van der Waals surface area contributed by atoms with E-state index in [0.29, 0.717) is 25.1 Å². The zero-order valence-corrected chi connectivity index (χ0v) is 14.2. The zero-order valence-electron chi connectivity index (χ0n) is 13.4. The van der Waals surface area contributed by atoms with Gasteiger partial charge in [0, 0.05) is 24.8 Å². The Labute approximate surface area is 136 Å². The first-order valence-corrected chi connectivity index (χ1v) is 9.83. The standard InChI is InChI=1S/C15H24N4O3S/c1-11-9-14(17-16-11)15(20)19-8-4-7-13(10-19)23(21,22)18-12-5-2-3-6-12/h9,12-13,18H,2-8,10H2,1H3,(H,16,17)/t13-/m0/s1. The second-order valence-corrected chi connectivity index (χ2v) is 8.59. The van der Waals surface area contributed by atoms with Crippen molar-refractivity contribution >= 4 is 15.9 Å². The van der Waals surface area contributed by atoms with Gasteiger partial charge in [-0.1, -0.05) is 12.8 Å². The van der Waals surface area contributed by atoms with Crippen molar-refractivity contribution in [2.75, 3.05) is 13.1 Å². The summed E-state index contributed by atoms with van der Waals surface area (Å²) < 4.78 is 28.0. The molecule has 128 valence electrons. The summed E-state index contributed by atoms with van der Waals surface area (Å²) in [6.07, 6.45) is 5.31. The summed E-state index contributed by atoms with van der Waals surface area (Å²) >= 11 is 0. The molecule has 2 aliphatic rings. The first kappa shape index (κ1) is 16.4. The van der Waals surface area contributed by atoms with E-state index in [2.05, 4.69) is 14.9 Å². The van der Waals surface area contributed by atoms with Crippen molar-refractivity contribution in [3.8, 4) is 0 Å². The van der Waals surface area contributed by atoms with Gasteiger partial charge >= 0.3 is 0 Å². The van der Waals surface area contributed by atoms with Crippen LogP contribution in [0.15, 0.2) is 6.07 Å². The molecule has 0 spiro atoms. The first-order valence-electron chi connectivity index (χ1n) is 8.28. The topological polar surface area (TPSA) is 95.2 Å². The lowest BCUT2D eigenvalue weighted by molar-refractivity contribution is 0.0720. The molecule has 2 heterocycles. The molecular weight excluding hydrogens is 316 g/mol. The molecule has 1 aliphatic carbocycles. The summed E-state index contributed by atoms with van der Waals surface area (Å²) in [5.41, 5.74) is 1.17. The van der Waals surface area contributed by atoms with Crippen LogP contribution in [-0.4, -0.2) is 53.8 Å². The highest BCUT2D eigenvalue weighted by Crippen LogP contribution is 2.22. The molecule has 1 saturated heterocycles. The molecule has 2 fully saturated rings. The third-order valence-corrected chi connectivity index (χ3v) is 6.64. The molecule has 1 amide bonds. The Hall–Kier alpha value is -1.41. The predicted octanol–water partition coefficient (Wildman–Crippen LogP) is 1.18. The lowest BCUT2D eigenvalue weighted by Crippen LogP contribution is -2.50. The average Bonchev–Trinajstić information content (AvgIpc) is 3.18. The lowest BCUT2D eigenvalue weighted by Gasteiger charge is -2.32. The van der Waals surface area contributed by atoms with Crippen molar-refractivity contribution in [3.05, 3.63) is 17.5 Å². The highest BCUT2D eigenvalue weighted by Gasteiger charge is 2.35. The first-order chi connectivity index (χ1) is 11.0. The Kier molecular flexibility index (Phi) is 4.72. The predicted molar refractivity (Wildman–Crippen MR) is 86.6 cm³/mol. The van der Waals surface area contributed by atoms with Crippen molar-refractivity contribution in [2.24, 2.45) is 0 Å². The van der Waals surface area contributed by atoms with Crippen LogP contribution in [-0.2, 0) is 10.0 Å². The van der Waals surface area contributed by atoms with E-state index >= 15 is 0 Å². The summed E-state index contributed by atoms with van der Waals surface area (Å²) in [7, 11) is -3.38. The second kappa shape index (κ2) is 6.60. The fourth-order valence-electron chi connectivity index (χ4n) is 3.44. The number of amides is 1. The molecule has 0 unspecified atom stereocenters. The molecule has 1 atom stereocenters. The van der Waals surface area contributed by atoms with Crippen molar-refractivity contribution in [1.82, 2.24) is 19.8 Å². The number of nitrogens with one attached hydrogen (secondary N) is 2. The summed E-state index contributed by atoms with van der Waals surface area (Å²) in [5, 5.41) is 6.20. The Morgan fingerprint density at radius 2 is 2.04 bits per heavy atom. The van der Waals surface area contributed by atoms with Crippen molar-refractivity contribution in [1.29, 1.82) is 0 Å². The summed E-state index contributed by atoms with van der Waals surface area (Å²) in [4.78, 5) is 14.1. The Morgan fingerprint density at radius 1 is 1.30 bits per heavy atom. The van der Waals surface area contributed by atoms with E-state index in [1.807, 2.05) is 6.92 Å². The van der Waals surface area contributed by atoms with E-state index in [0.717, 1.165) is 31.4 Å². The number of rotatable bonds is 4. The van der Waals surface area contributed by atoms with Gasteiger partial charge in [0.1, 0.15) is 5.69 Å². The smallest absolute Gasteiger partial charge is 0.274 e. The minimum atomic E-state index is -3.38. The number of hydrogen-bond acceptors (Lipinski definition) is 4. The van der Waals surface area contributed by atoms with Gasteiger partial charge in [-0.25, -0.2) is 13.1 Å². The van der Waals surface area contributed by atoms with Crippen LogP contribution in [0.25, 0.3) is 0 Å². The molecular formula is C15H24N4O3S. The fourth-order valence-corrected chi connectivity index (χ4v) is 5.18. The Bertz CT molecular complexity index is 664. The molecule has 23 heavy (non-hydrogen) atoms. The maximum atomic E-state index is 12.6. The molecule has 2 N–H and O–H groups in total. The van der Waals surface area contributed by atoms with Crippen LogP contribution in [0.2, 0.25) is 0 Å². The van der Waals surface area contributed by atoms with Crippen LogP contribution >= 0.6 is 0 Å². The molecule has 1 saturated carbocycles. The van der Waals surface area contributed by atoms with Gasteiger partial charge in [0.2, 0.25) is 10.0 Å². The van der Waals surface area contributed by atoms with Gasteiger partial charge in [0.15, 0.2) is 0 Å². The average molecular weight is 340 g/mol. The van der Waals surface area contributed by atoms with Gasteiger partial charge in [0.05, 0.1) is 5.25 Å². The molecule has 7 nitrogen and oxygen atoms in total. The molecule has 1 aromatic heterocycles. The van der Waals surface area contributed by atoms with Crippen LogP contribution in [0, 0.1) is 6.92 Å². The SMILES string of the molecule is Cc1cc(C(=O)N2CCC[C@H](S(=O)(=O)NC3CCCC3)C2)n[nH]1. The number of likely N-dealkylation sites (tertiary alicyclic amines) is 1. The van der Waals surface area contributed by atoms with Crippen molar-refractivity contribution in [2.45, 2.75) is 56.7 Å². The molecule has 0 aromatic carbocycles. The molecule has 3 rings (SSSR count). The van der Waals surface area contributed by atoms with Gasteiger partial charge in [-0.3, -0.25) is 9.89 Å². The van der Waals surface area contributed by atoms with Crippen LogP contribution < -0.4 is 4.72 Å². The van der Waals surface area contributed by atoms with E-state index in [4.69, 9.17) is 0 Å². The van der Waals surface area contributed by atoms with E-state index in [-0.39, 0.29) is 18.5 Å². The van der Waals surface area contributed by atoms with Crippen LogP contribution in [0.5, 0.6) is 0 Å². The number of aryl methyl sites for hydroxylation is 1. The van der Waals surface area contributed by atoms with Crippen LogP contribution in [0.4, 0.5) is 0 Å². The highest BCUT2D eigenvalue weighted by molar-refractivity contribution is 7.90. The molecule has 1 aliphatic heterocycles. The number of H-pyrrole nitrogens is 1. The summed E-state index contributed by atoms with van der Waals surface area (Å²) in [6.45, 7) is 2.66. The third-order valence-electron chi connectivity index (χ3n) is 4.72. The number of aromatic nitrogens is 2. The minimum Gasteiger partial charge on any atom is -0.336 e. The number of hydrogen-bond donors (Lipinski definition) is 2. The number of nitrogens with zero attached hydrogens (tertiary/aromatic N) is 2. The number of piperidine rings is 1. The molecule has 1 aromatic rings. The largest absolute Gasteiger partial charge is 0.336 e. The van der Waals surface area contributed by atoms with Crippen molar-refractivity contribution < 1.29 is 13.2 Å². The van der Waals surface area contributed by atoms with Crippen LogP contribution in [0.3, 0.4) is 0 Å². The third kappa shape index (κ3) is 3.74. The van der Waals surface area contributed by atoms with E-state index in [1.165, 1.54) is 0 Å².